The van der Waals surface area contributed by atoms with Crippen molar-refractivity contribution in [3.63, 3.8) is 0 Å². The first-order chi connectivity index (χ1) is 12.1. The number of ether oxygens (including phenoxy) is 1. The highest BCUT2D eigenvalue weighted by molar-refractivity contribution is 5.75. The molecule has 0 bridgehead atoms. The lowest BCUT2D eigenvalue weighted by Crippen LogP contribution is -2.06. The molecule has 6 nitrogen and oxygen atoms in total. The number of anilines is 2. The van der Waals surface area contributed by atoms with E-state index in [1.807, 2.05) is 18.2 Å². The molecule has 124 valence electrons. The zero-order valence-electron chi connectivity index (χ0n) is 13.1. The third-order valence-electron chi connectivity index (χ3n) is 3.53. The molecule has 0 aliphatic heterocycles. The highest BCUT2D eigenvalue weighted by Crippen LogP contribution is 2.29. The van der Waals surface area contributed by atoms with Crippen molar-refractivity contribution >= 4 is 11.8 Å². The predicted octanol–water partition coefficient (Wildman–Crippen LogP) is 2.90. The van der Waals surface area contributed by atoms with Gasteiger partial charge >= 0.3 is 0 Å². The fourth-order valence-corrected chi connectivity index (χ4v) is 2.40. The van der Waals surface area contributed by atoms with Crippen LogP contribution in [-0.4, -0.2) is 9.97 Å². The highest BCUT2D eigenvalue weighted by Gasteiger charge is 2.16. The molecule has 0 saturated heterocycles. The number of nitrogens with zero attached hydrogens (tertiary/aromatic N) is 3. The van der Waals surface area contributed by atoms with Crippen LogP contribution in [0.25, 0.3) is 11.3 Å². The van der Waals surface area contributed by atoms with Crippen LogP contribution in [0, 0.1) is 17.1 Å². The smallest absolute Gasteiger partial charge is 0.222 e. The third-order valence-corrected chi connectivity index (χ3v) is 3.53. The maximum absolute atomic E-state index is 13.3. The van der Waals surface area contributed by atoms with E-state index in [1.165, 1.54) is 12.1 Å². The van der Waals surface area contributed by atoms with Crippen LogP contribution in [0.3, 0.4) is 0 Å². The molecule has 25 heavy (non-hydrogen) atoms. The first-order valence-corrected chi connectivity index (χ1v) is 7.38. The molecule has 1 heterocycles. The summed E-state index contributed by atoms with van der Waals surface area (Å²) in [7, 11) is 0. The third kappa shape index (κ3) is 3.48. The van der Waals surface area contributed by atoms with Gasteiger partial charge in [-0.2, -0.15) is 10.2 Å². The van der Waals surface area contributed by atoms with Crippen LogP contribution in [0.15, 0.2) is 48.5 Å². The van der Waals surface area contributed by atoms with Gasteiger partial charge in [0.1, 0.15) is 35.6 Å². The molecule has 3 aromatic rings. The van der Waals surface area contributed by atoms with Gasteiger partial charge in [0.2, 0.25) is 5.95 Å². The molecule has 0 saturated carbocycles. The van der Waals surface area contributed by atoms with Crippen molar-refractivity contribution in [2.45, 2.75) is 6.61 Å². The van der Waals surface area contributed by atoms with Crippen LogP contribution >= 0.6 is 0 Å². The number of halogens is 1. The van der Waals surface area contributed by atoms with Crippen LogP contribution in [0.5, 0.6) is 5.75 Å². The van der Waals surface area contributed by atoms with Gasteiger partial charge in [0.05, 0.1) is 5.69 Å². The van der Waals surface area contributed by atoms with Gasteiger partial charge in [0.15, 0.2) is 0 Å². The monoisotopic (exact) mass is 335 g/mol. The van der Waals surface area contributed by atoms with E-state index in [2.05, 4.69) is 9.97 Å². The van der Waals surface area contributed by atoms with Crippen molar-refractivity contribution < 1.29 is 9.13 Å². The number of nitriles is 1. The number of nitrogen functional groups attached to an aromatic ring is 2. The summed E-state index contributed by atoms with van der Waals surface area (Å²) >= 11 is 0. The highest BCUT2D eigenvalue weighted by atomic mass is 19.1. The molecule has 0 unspecified atom stereocenters. The Balaban J connectivity index is 1.99. The van der Waals surface area contributed by atoms with E-state index in [1.54, 1.807) is 24.3 Å². The van der Waals surface area contributed by atoms with Crippen molar-refractivity contribution in [2.75, 3.05) is 11.5 Å². The van der Waals surface area contributed by atoms with E-state index >= 15 is 0 Å². The molecule has 0 atom stereocenters. The van der Waals surface area contributed by atoms with Gasteiger partial charge in [-0.1, -0.05) is 30.3 Å². The Morgan fingerprint density at radius 2 is 1.88 bits per heavy atom. The molecule has 0 fully saturated rings. The molecule has 7 heteroatoms. The molecule has 3 rings (SSSR count). The first kappa shape index (κ1) is 16.2. The standard InChI is InChI=1S/C18H14FN5O/c19-12-5-3-6-13(8-12)25-10-11-4-1-2-7-14(11)16-15(9-20)17(21)24-18(22)23-16/h1-8H,10H2,(H4,21,22,23,24). The van der Waals surface area contributed by atoms with Gasteiger partial charge in [0, 0.05) is 11.6 Å². The molecule has 0 radical (unpaired) electrons. The van der Waals surface area contributed by atoms with Crippen molar-refractivity contribution in [3.05, 3.63) is 65.5 Å². The van der Waals surface area contributed by atoms with Gasteiger partial charge in [-0.25, -0.2) is 9.37 Å². The van der Waals surface area contributed by atoms with Crippen LogP contribution in [0.1, 0.15) is 11.1 Å². The summed E-state index contributed by atoms with van der Waals surface area (Å²) in [4.78, 5) is 7.97. The number of hydrogen-bond acceptors (Lipinski definition) is 6. The summed E-state index contributed by atoms with van der Waals surface area (Å²) in [6.45, 7) is 0.161. The number of hydrogen-bond donors (Lipinski definition) is 2. The summed E-state index contributed by atoms with van der Waals surface area (Å²) in [5, 5.41) is 9.36. The van der Waals surface area contributed by atoms with E-state index in [-0.39, 0.29) is 29.8 Å². The zero-order valence-corrected chi connectivity index (χ0v) is 13.1. The average molecular weight is 335 g/mol. The minimum absolute atomic E-state index is 0.0193. The fraction of sp³-hybridized carbons (Fsp3) is 0.0556. The average Bonchev–Trinajstić information content (AvgIpc) is 2.60. The second-order valence-corrected chi connectivity index (χ2v) is 5.21. The number of aromatic nitrogens is 2. The molecule has 0 spiro atoms. The van der Waals surface area contributed by atoms with Crippen LogP contribution < -0.4 is 16.2 Å². The molecule has 0 aliphatic rings. The van der Waals surface area contributed by atoms with Crippen molar-refractivity contribution in [1.29, 1.82) is 5.26 Å². The molecular weight excluding hydrogens is 321 g/mol. The Kier molecular flexibility index (Phi) is 4.44. The lowest BCUT2D eigenvalue weighted by molar-refractivity contribution is 0.305. The second kappa shape index (κ2) is 6.84. The lowest BCUT2D eigenvalue weighted by Gasteiger charge is -2.13. The summed E-state index contributed by atoms with van der Waals surface area (Å²) < 4.78 is 18.9. The van der Waals surface area contributed by atoms with Crippen LogP contribution in [-0.2, 0) is 6.61 Å². The van der Waals surface area contributed by atoms with Crippen molar-refractivity contribution in [1.82, 2.24) is 9.97 Å². The summed E-state index contributed by atoms with van der Waals surface area (Å²) in [5.74, 6) is 0.0177. The van der Waals surface area contributed by atoms with Crippen molar-refractivity contribution in [2.24, 2.45) is 0 Å². The number of nitrogens with two attached hydrogens (primary N) is 2. The molecule has 0 aliphatic carbocycles. The second-order valence-electron chi connectivity index (χ2n) is 5.21. The molecular formula is C18H14FN5O. The molecule has 4 N–H and O–H groups in total. The van der Waals surface area contributed by atoms with Crippen LogP contribution in [0.2, 0.25) is 0 Å². The maximum Gasteiger partial charge on any atom is 0.222 e. The zero-order chi connectivity index (χ0) is 17.8. The Hall–Kier alpha value is -3.66. The molecule has 0 amide bonds. The first-order valence-electron chi connectivity index (χ1n) is 7.38. The van der Waals surface area contributed by atoms with Gasteiger partial charge in [-0.15, -0.1) is 0 Å². The van der Waals surface area contributed by atoms with Gasteiger partial charge in [0.25, 0.3) is 0 Å². The van der Waals surface area contributed by atoms with Gasteiger partial charge in [-0.05, 0) is 17.7 Å². The van der Waals surface area contributed by atoms with E-state index < -0.39 is 0 Å². The minimum Gasteiger partial charge on any atom is -0.489 e. The Bertz CT molecular complexity index is 968. The Labute approximate surface area is 143 Å². The number of benzene rings is 2. The normalized spacial score (nSPS) is 10.2. The van der Waals surface area contributed by atoms with E-state index in [4.69, 9.17) is 16.2 Å². The number of rotatable bonds is 4. The topological polar surface area (TPSA) is 111 Å². The lowest BCUT2D eigenvalue weighted by atomic mass is 10.0. The van der Waals surface area contributed by atoms with Gasteiger partial charge in [-0.3, -0.25) is 0 Å². The minimum atomic E-state index is -0.381. The Morgan fingerprint density at radius 3 is 2.64 bits per heavy atom. The van der Waals surface area contributed by atoms with E-state index in [0.29, 0.717) is 17.0 Å². The quantitative estimate of drug-likeness (QED) is 0.758. The largest absolute Gasteiger partial charge is 0.489 e. The SMILES string of the molecule is N#Cc1c(N)nc(N)nc1-c1ccccc1COc1cccc(F)c1. The fourth-order valence-electron chi connectivity index (χ4n) is 2.40. The van der Waals surface area contributed by atoms with Crippen LogP contribution in [0.4, 0.5) is 16.2 Å². The molecule has 2 aromatic carbocycles. The maximum atomic E-state index is 13.3. The van der Waals surface area contributed by atoms with Gasteiger partial charge < -0.3 is 16.2 Å². The van der Waals surface area contributed by atoms with E-state index in [0.717, 1.165) is 5.56 Å². The Morgan fingerprint density at radius 1 is 1.08 bits per heavy atom. The molecule has 1 aromatic heterocycles. The van der Waals surface area contributed by atoms with E-state index in [9.17, 15) is 9.65 Å². The summed E-state index contributed by atoms with van der Waals surface area (Å²) in [6, 6.07) is 15.1. The van der Waals surface area contributed by atoms with Crippen molar-refractivity contribution in [3.8, 4) is 23.1 Å². The summed E-state index contributed by atoms with van der Waals surface area (Å²) in [6.07, 6.45) is 0. The predicted molar refractivity (Wildman–Crippen MR) is 91.7 cm³/mol. The summed E-state index contributed by atoms with van der Waals surface area (Å²) in [5.41, 5.74) is 13.3.